The first-order valence-electron chi connectivity index (χ1n) is 5.37. The molecule has 1 heterocycles. The van der Waals surface area contributed by atoms with Gasteiger partial charge in [0.05, 0.1) is 0 Å². The molecule has 0 bridgehead atoms. The molecule has 0 aromatic rings. The molecule has 1 rings (SSSR count). The fraction of sp³-hybridized carbons (Fsp3) is 1.00. The molecule has 0 N–H and O–H groups in total. The van der Waals surface area contributed by atoms with Crippen molar-refractivity contribution in [3.05, 3.63) is 0 Å². The number of hydrogen-bond acceptors (Lipinski definition) is 1. The van der Waals surface area contributed by atoms with Gasteiger partial charge in [0.15, 0.2) is 8.32 Å². The molecular formula is C10H21ClOSi. The maximum atomic E-state index is 6.19. The number of alkyl halides is 1. The Morgan fingerprint density at radius 1 is 1.62 bits per heavy atom. The molecule has 0 amide bonds. The van der Waals surface area contributed by atoms with Gasteiger partial charge in [-0.3, -0.25) is 0 Å². The summed E-state index contributed by atoms with van der Waals surface area (Å²) in [6, 6.07) is 2.44. The van der Waals surface area contributed by atoms with Crippen molar-refractivity contribution in [1.82, 2.24) is 0 Å². The largest absolute Gasteiger partial charge is 0.414 e. The quantitative estimate of drug-likeness (QED) is 0.520. The van der Waals surface area contributed by atoms with Crippen LogP contribution >= 0.6 is 11.6 Å². The van der Waals surface area contributed by atoms with Crippen molar-refractivity contribution >= 4 is 19.9 Å². The van der Waals surface area contributed by atoms with Gasteiger partial charge in [-0.25, -0.2) is 0 Å². The van der Waals surface area contributed by atoms with Crippen LogP contribution in [0.3, 0.4) is 0 Å². The highest BCUT2D eigenvalue weighted by Gasteiger charge is 2.35. The molecule has 3 atom stereocenters. The zero-order valence-electron chi connectivity index (χ0n) is 8.98. The van der Waals surface area contributed by atoms with Gasteiger partial charge in [0.1, 0.15) is 0 Å². The fourth-order valence-corrected chi connectivity index (χ4v) is 6.79. The smallest absolute Gasteiger partial charge is 0.191 e. The Morgan fingerprint density at radius 2 is 2.31 bits per heavy atom. The molecular weight excluding hydrogens is 200 g/mol. The molecule has 3 unspecified atom stereocenters. The maximum Gasteiger partial charge on any atom is 0.191 e. The Labute approximate surface area is 87.9 Å². The zero-order chi connectivity index (χ0) is 9.90. The van der Waals surface area contributed by atoms with Crippen molar-refractivity contribution in [2.24, 2.45) is 0 Å². The van der Waals surface area contributed by atoms with E-state index in [1.54, 1.807) is 0 Å². The van der Waals surface area contributed by atoms with Crippen LogP contribution in [0.1, 0.15) is 33.1 Å². The number of rotatable bonds is 3. The minimum Gasteiger partial charge on any atom is -0.414 e. The van der Waals surface area contributed by atoms with E-state index < -0.39 is 8.32 Å². The van der Waals surface area contributed by atoms with Gasteiger partial charge in [-0.2, -0.15) is 0 Å². The van der Waals surface area contributed by atoms with Gasteiger partial charge >= 0.3 is 0 Å². The van der Waals surface area contributed by atoms with Gasteiger partial charge < -0.3 is 4.43 Å². The third-order valence-corrected chi connectivity index (χ3v) is 7.36. The van der Waals surface area contributed by atoms with Crippen molar-refractivity contribution < 1.29 is 4.43 Å². The van der Waals surface area contributed by atoms with E-state index in [0.717, 1.165) is 12.5 Å². The standard InChI is InChI=1S/C10H21ClOSi/c1-4-10(11)8-13(3)7-5-6-9(2)12-13/h9-10H,4-8H2,1-3H3. The summed E-state index contributed by atoms with van der Waals surface area (Å²) in [5.74, 6) is 0. The van der Waals surface area contributed by atoms with E-state index in [2.05, 4.69) is 20.4 Å². The van der Waals surface area contributed by atoms with E-state index >= 15 is 0 Å². The molecule has 1 nitrogen and oxygen atoms in total. The summed E-state index contributed by atoms with van der Waals surface area (Å²) in [6.45, 7) is 6.69. The molecule has 0 spiro atoms. The highest BCUT2D eigenvalue weighted by Crippen LogP contribution is 2.31. The predicted molar refractivity (Wildman–Crippen MR) is 60.9 cm³/mol. The van der Waals surface area contributed by atoms with Crippen LogP contribution in [0.4, 0.5) is 0 Å². The molecule has 0 saturated carbocycles. The molecule has 13 heavy (non-hydrogen) atoms. The van der Waals surface area contributed by atoms with E-state index in [1.807, 2.05) is 0 Å². The lowest BCUT2D eigenvalue weighted by Crippen LogP contribution is -2.43. The Hall–Kier alpha value is 0.467. The summed E-state index contributed by atoms with van der Waals surface area (Å²) in [6.07, 6.45) is 4.13. The number of hydrogen-bond donors (Lipinski definition) is 0. The van der Waals surface area contributed by atoms with Crippen LogP contribution < -0.4 is 0 Å². The molecule has 0 aromatic heterocycles. The molecule has 0 radical (unpaired) electrons. The fourth-order valence-electron chi connectivity index (χ4n) is 2.13. The van der Waals surface area contributed by atoms with Crippen molar-refractivity contribution in [2.75, 3.05) is 0 Å². The van der Waals surface area contributed by atoms with Gasteiger partial charge in [-0.1, -0.05) is 13.3 Å². The van der Waals surface area contributed by atoms with Gasteiger partial charge in [-0.05, 0) is 38.4 Å². The summed E-state index contributed by atoms with van der Waals surface area (Å²) in [5, 5.41) is 0.335. The normalized spacial score (nSPS) is 37.4. The molecule has 0 aromatic carbocycles. The average Bonchev–Trinajstić information content (AvgIpc) is 2.02. The lowest BCUT2D eigenvalue weighted by Gasteiger charge is -2.36. The van der Waals surface area contributed by atoms with Gasteiger partial charge in [0, 0.05) is 11.5 Å². The van der Waals surface area contributed by atoms with Crippen molar-refractivity contribution in [3.8, 4) is 0 Å². The first kappa shape index (κ1) is 11.5. The topological polar surface area (TPSA) is 9.23 Å². The van der Waals surface area contributed by atoms with Crippen molar-refractivity contribution in [2.45, 2.75) is 63.2 Å². The molecule has 1 aliphatic heterocycles. The summed E-state index contributed by atoms with van der Waals surface area (Å²) in [5.41, 5.74) is 0. The lowest BCUT2D eigenvalue weighted by molar-refractivity contribution is 0.175. The van der Waals surface area contributed by atoms with E-state index in [-0.39, 0.29) is 0 Å². The van der Waals surface area contributed by atoms with E-state index in [1.165, 1.54) is 18.9 Å². The average molecular weight is 221 g/mol. The lowest BCUT2D eigenvalue weighted by atomic mass is 10.2. The van der Waals surface area contributed by atoms with Crippen LogP contribution in [0.2, 0.25) is 18.6 Å². The second-order valence-electron chi connectivity index (χ2n) is 4.48. The highest BCUT2D eigenvalue weighted by atomic mass is 35.5. The summed E-state index contributed by atoms with van der Waals surface area (Å²) < 4.78 is 6.10. The van der Waals surface area contributed by atoms with Crippen LogP contribution in [0.5, 0.6) is 0 Å². The van der Waals surface area contributed by atoms with Crippen molar-refractivity contribution in [3.63, 3.8) is 0 Å². The third kappa shape index (κ3) is 3.60. The summed E-state index contributed by atoms with van der Waals surface area (Å²) >= 11 is 6.19. The summed E-state index contributed by atoms with van der Waals surface area (Å²) in [4.78, 5) is 0. The molecule has 78 valence electrons. The molecule has 1 aliphatic rings. The Balaban J connectivity index is 2.44. The highest BCUT2D eigenvalue weighted by molar-refractivity contribution is 6.73. The maximum absolute atomic E-state index is 6.19. The summed E-state index contributed by atoms with van der Waals surface area (Å²) in [7, 11) is -1.42. The second kappa shape index (κ2) is 4.81. The molecule has 1 fully saturated rings. The van der Waals surface area contributed by atoms with Crippen LogP contribution in [-0.4, -0.2) is 19.8 Å². The SMILES string of the molecule is CCC(Cl)C[Si]1(C)CCCC(C)O1. The Kier molecular flexibility index (Phi) is 4.27. The van der Waals surface area contributed by atoms with E-state index in [0.29, 0.717) is 11.5 Å². The van der Waals surface area contributed by atoms with Crippen LogP contribution in [0.25, 0.3) is 0 Å². The van der Waals surface area contributed by atoms with E-state index in [9.17, 15) is 0 Å². The minimum atomic E-state index is -1.42. The van der Waals surface area contributed by atoms with Crippen LogP contribution in [-0.2, 0) is 4.43 Å². The van der Waals surface area contributed by atoms with Crippen LogP contribution in [0, 0.1) is 0 Å². The van der Waals surface area contributed by atoms with Crippen molar-refractivity contribution in [1.29, 1.82) is 0 Å². The first-order chi connectivity index (χ1) is 6.06. The van der Waals surface area contributed by atoms with E-state index in [4.69, 9.17) is 16.0 Å². The zero-order valence-corrected chi connectivity index (χ0v) is 10.7. The van der Waals surface area contributed by atoms with Gasteiger partial charge in [0.2, 0.25) is 0 Å². The third-order valence-electron chi connectivity index (χ3n) is 2.90. The van der Waals surface area contributed by atoms with Crippen LogP contribution in [0.15, 0.2) is 0 Å². The predicted octanol–water partition coefficient (Wildman–Crippen LogP) is 3.78. The minimum absolute atomic E-state index is 0.335. The second-order valence-corrected chi connectivity index (χ2v) is 9.14. The Bertz CT molecular complexity index is 165. The first-order valence-corrected chi connectivity index (χ1v) is 8.63. The number of halogens is 1. The van der Waals surface area contributed by atoms with Gasteiger partial charge in [0.25, 0.3) is 0 Å². The molecule has 3 heteroatoms. The molecule has 1 saturated heterocycles. The molecule has 0 aliphatic carbocycles. The Morgan fingerprint density at radius 3 is 2.85 bits per heavy atom. The van der Waals surface area contributed by atoms with Gasteiger partial charge in [-0.15, -0.1) is 11.6 Å². The monoisotopic (exact) mass is 220 g/mol.